The van der Waals surface area contributed by atoms with Crippen LogP contribution in [0.5, 0.6) is 0 Å². The number of hydrogen-bond donors (Lipinski definition) is 2. The summed E-state index contributed by atoms with van der Waals surface area (Å²) in [7, 11) is 1.97. The van der Waals surface area contributed by atoms with E-state index in [1.165, 1.54) is 6.42 Å². The normalized spacial score (nSPS) is 20.4. The van der Waals surface area contributed by atoms with E-state index in [4.69, 9.17) is 14.5 Å². The van der Waals surface area contributed by atoms with Gasteiger partial charge in [0.2, 0.25) is 0 Å². The SMILES string of the molecule is CCCCOC1CC(NC(=NCc2nnc(C)n2C)NCCCOCC)C1(C)C.I. The van der Waals surface area contributed by atoms with Crippen molar-refractivity contribution in [3.05, 3.63) is 11.6 Å². The second kappa shape index (κ2) is 13.5. The largest absolute Gasteiger partial charge is 0.382 e. The molecule has 1 fully saturated rings. The molecule has 30 heavy (non-hydrogen) atoms. The molecule has 0 amide bonds. The van der Waals surface area contributed by atoms with Gasteiger partial charge < -0.3 is 24.7 Å². The molecule has 9 heteroatoms. The topological polar surface area (TPSA) is 85.6 Å². The van der Waals surface area contributed by atoms with Gasteiger partial charge in [0, 0.05) is 44.9 Å². The number of halogens is 1. The smallest absolute Gasteiger partial charge is 0.191 e. The van der Waals surface area contributed by atoms with E-state index in [1.807, 2.05) is 25.5 Å². The van der Waals surface area contributed by atoms with Crippen molar-refractivity contribution in [1.82, 2.24) is 25.4 Å². The van der Waals surface area contributed by atoms with Gasteiger partial charge in [0.25, 0.3) is 0 Å². The Hall–Kier alpha value is -0.940. The fraction of sp³-hybridized carbons (Fsp3) is 0.857. The van der Waals surface area contributed by atoms with Crippen LogP contribution in [0.25, 0.3) is 0 Å². The van der Waals surface area contributed by atoms with Crippen molar-refractivity contribution in [2.75, 3.05) is 26.4 Å². The van der Waals surface area contributed by atoms with E-state index in [0.717, 1.165) is 63.2 Å². The van der Waals surface area contributed by atoms with Crippen LogP contribution in [-0.4, -0.2) is 59.2 Å². The Balaban J connectivity index is 0.00000450. The standard InChI is InChI=1S/C21H40N6O2.HI/c1-7-9-13-29-18-14-17(21(18,4)5)24-20(22-11-10-12-28-8-2)23-15-19-26-25-16(3)27(19)6;/h17-18H,7-15H2,1-6H3,(H2,22,23,24);1H. The van der Waals surface area contributed by atoms with Gasteiger partial charge in [-0.25, -0.2) is 4.99 Å². The van der Waals surface area contributed by atoms with Crippen LogP contribution in [-0.2, 0) is 23.1 Å². The summed E-state index contributed by atoms with van der Waals surface area (Å²) in [6, 6.07) is 0.327. The van der Waals surface area contributed by atoms with Crippen LogP contribution in [0.15, 0.2) is 4.99 Å². The van der Waals surface area contributed by atoms with Gasteiger partial charge in [0.1, 0.15) is 12.4 Å². The second-order valence-corrected chi connectivity index (χ2v) is 8.33. The Morgan fingerprint density at radius 3 is 2.60 bits per heavy atom. The van der Waals surface area contributed by atoms with E-state index in [9.17, 15) is 0 Å². The summed E-state index contributed by atoms with van der Waals surface area (Å²) in [6.45, 7) is 14.3. The summed E-state index contributed by atoms with van der Waals surface area (Å²) in [4.78, 5) is 4.76. The molecule has 174 valence electrons. The lowest BCUT2D eigenvalue weighted by atomic mass is 9.64. The zero-order valence-electron chi connectivity index (χ0n) is 19.5. The number of unbranched alkanes of at least 4 members (excludes halogenated alkanes) is 1. The Bertz CT molecular complexity index is 649. The fourth-order valence-electron chi connectivity index (χ4n) is 3.36. The van der Waals surface area contributed by atoms with E-state index < -0.39 is 0 Å². The highest BCUT2D eigenvalue weighted by molar-refractivity contribution is 14.0. The van der Waals surface area contributed by atoms with Crippen LogP contribution >= 0.6 is 24.0 Å². The van der Waals surface area contributed by atoms with Crippen LogP contribution in [0, 0.1) is 12.3 Å². The van der Waals surface area contributed by atoms with E-state index in [1.54, 1.807) is 0 Å². The minimum absolute atomic E-state index is 0. The molecule has 8 nitrogen and oxygen atoms in total. The zero-order valence-corrected chi connectivity index (χ0v) is 21.9. The highest BCUT2D eigenvalue weighted by Gasteiger charge is 2.49. The molecule has 0 saturated heterocycles. The van der Waals surface area contributed by atoms with Crippen molar-refractivity contribution < 1.29 is 9.47 Å². The van der Waals surface area contributed by atoms with Gasteiger partial charge in [-0.2, -0.15) is 0 Å². The Morgan fingerprint density at radius 2 is 2.00 bits per heavy atom. The van der Waals surface area contributed by atoms with Crippen molar-refractivity contribution in [3.8, 4) is 0 Å². The van der Waals surface area contributed by atoms with Gasteiger partial charge in [-0.3, -0.25) is 0 Å². The number of nitrogens with zero attached hydrogens (tertiary/aromatic N) is 4. The van der Waals surface area contributed by atoms with E-state index in [0.29, 0.717) is 18.7 Å². The first kappa shape index (κ1) is 27.1. The van der Waals surface area contributed by atoms with E-state index >= 15 is 0 Å². The van der Waals surface area contributed by atoms with Crippen LogP contribution in [0.2, 0.25) is 0 Å². The molecule has 1 aliphatic rings. The maximum Gasteiger partial charge on any atom is 0.191 e. The van der Waals surface area contributed by atoms with Crippen LogP contribution in [0.3, 0.4) is 0 Å². The first-order valence-electron chi connectivity index (χ1n) is 11.0. The van der Waals surface area contributed by atoms with Gasteiger partial charge in [-0.15, -0.1) is 34.2 Å². The molecule has 2 atom stereocenters. The van der Waals surface area contributed by atoms with E-state index in [-0.39, 0.29) is 29.4 Å². The maximum atomic E-state index is 6.08. The van der Waals surface area contributed by atoms with Crippen LogP contribution in [0.1, 0.15) is 65.0 Å². The first-order chi connectivity index (χ1) is 13.9. The van der Waals surface area contributed by atoms with Crippen molar-refractivity contribution in [2.45, 2.75) is 79.0 Å². The third-order valence-corrected chi connectivity index (χ3v) is 5.83. The molecule has 1 aliphatic carbocycles. The Labute approximate surface area is 199 Å². The molecular weight excluding hydrogens is 495 g/mol. The quantitative estimate of drug-likeness (QED) is 0.185. The predicted molar refractivity (Wildman–Crippen MR) is 131 cm³/mol. The van der Waals surface area contributed by atoms with Gasteiger partial charge >= 0.3 is 0 Å². The number of hydrogen-bond acceptors (Lipinski definition) is 5. The van der Waals surface area contributed by atoms with Gasteiger partial charge in [-0.1, -0.05) is 27.2 Å². The molecule has 0 aromatic carbocycles. The number of aliphatic imine (C=N–C) groups is 1. The molecule has 0 radical (unpaired) electrons. The highest BCUT2D eigenvalue weighted by Crippen LogP contribution is 2.42. The van der Waals surface area contributed by atoms with Crippen molar-refractivity contribution in [3.63, 3.8) is 0 Å². The van der Waals surface area contributed by atoms with Gasteiger partial charge in [-0.05, 0) is 33.1 Å². The first-order valence-corrected chi connectivity index (χ1v) is 11.0. The Kier molecular flexibility index (Phi) is 12.2. The summed E-state index contributed by atoms with van der Waals surface area (Å²) < 4.78 is 13.5. The Morgan fingerprint density at radius 1 is 1.23 bits per heavy atom. The van der Waals surface area contributed by atoms with Crippen LogP contribution in [0.4, 0.5) is 0 Å². The lowest BCUT2D eigenvalue weighted by Gasteiger charge is -2.52. The minimum atomic E-state index is 0. The molecule has 1 saturated carbocycles. The molecule has 0 aliphatic heterocycles. The molecule has 1 heterocycles. The second-order valence-electron chi connectivity index (χ2n) is 8.33. The average molecular weight is 537 g/mol. The van der Waals surface area contributed by atoms with Crippen molar-refractivity contribution in [1.29, 1.82) is 0 Å². The predicted octanol–water partition coefficient (Wildman–Crippen LogP) is 3.19. The average Bonchev–Trinajstić information content (AvgIpc) is 3.02. The maximum absolute atomic E-state index is 6.08. The number of guanidine groups is 1. The van der Waals surface area contributed by atoms with Crippen LogP contribution < -0.4 is 10.6 Å². The molecular formula is C21H41IN6O2. The third kappa shape index (κ3) is 7.64. The van der Waals surface area contributed by atoms with E-state index in [2.05, 4.69) is 41.6 Å². The monoisotopic (exact) mass is 536 g/mol. The summed E-state index contributed by atoms with van der Waals surface area (Å²) in [6.07, 6.45) is 4.52. The molecule has 0 spiro atoms. The number of aryl methyl sites for hydroxylation is 1. The van der Waals surface area contributed by atoms with Crippen molar-refractivity contribution >= 4 is 29.9 Å². The fourth-order valence-corrected chi connectivity index (χ4v) is 3.36. The molecule has 1 aromatic heterocycles. The van der Waals surface area contributed by atoms with Gasteiger partial charge in [0.05, 0.1) is 6.10 Å². The zero-order chi connectivity index (χ0) is 21.3. The number of aromatic nitrogens is 3. The molecule has 2 unspecified atom stereocenters. The summed E-state index contributed by atoms with van der Waals surface area (Å²) >= 11 is 0. The molecule has 2 rings (SSSR count). The third-order valence-electron chi connectivity index (χ3n) is 5.83. The molecule has 0 bridgehead atoms. The minimum Gasteiger partial charge on any atom is -0.382 e. The molecule has 1 aromatic rings. The summed E-state index contributed by atoms with van der Waals surface area (Å²) in [5, 5.41) is 15.4. The van der Waals surface area contributed by atoms with Gasteiger partial charge in [0.15, 0.2) is 11.8 Å². The number of ether oxygens (including phenoxy) is 2. The summed E-state index contributed by atoms with van der Waals surface area (Å²) in [5.74, 6) is 2.56. The van der Waals surface area contributed by atoms with Crippen molar-refractivity contribution in [2.24, 2.45) is 17.5 Å². The number of rotatable bonds is 12. The highest BCUT2D eigenvalue weighted by atomic mass is 127. The lowest BCUT2D eigenvalue weighted by Crippen LogP contribution is -2.63. The summed E-state index contributed by atoms with van der Waals surface area (Å²) in [5.41, 5.74) is 0.0723. The number of nitrogens with one attached hydrogen (secondary N) is 2. The lowest BCUT2D eigenvalue weighted by molar-refractivity contribution is -0.113. The molecule has 2 N–H and O–H groups in total.